The van der Waals surface area contributed by atoms with E-state index in [1.54, 1.807) is 19.2 Å². The number of methoxy groups -OCH3 is 1. The van der Waals surface area contributed by atoms with E-state index in [4.69, 9.17) is 4.74 Å². The average molecular weight is 389 g/mol. The smallest absolute Gasteiger partial charge is 0.133 e. The summed E-state index contributed by atoms with van der Waals surface area (Å²) < 4.78 is 20.5. The van der Waals surface area contributed by atoms with Crippen molar-refractivity contribution in [3.63, 3.8) is 0 Å². The maximum Gasteiger partial charge on any atom is 0.133 e. The van der Waals surface area contributed by atoms with Gasteiger partial charge in [-0.2, -0.15) is 0 Å². The monoisotopic (exact) mass is 387 g/mol. The SMILES string of the molecule is COc1ccc(NCc2cc(Br)ccc2F)cc1Br. The molecule has 0 aliphatic carbocycles. The van der Waals surface area contributed by atoms with Crippen LogP contribution in [0.15, 0.2) is 45.3 Å². The zero-order chi connectivity index (χ0) is 13.8. The van der Waals surface area contributed by atoms with Gasteiger partial charge in [-0.3, -0.25) is 0 Å². The fourth-order valence-electron chi connectivity index (χ4n) is 1.65. The molecular formula is C14H12Br2FNO. The van der Waals surface area contributed by atoms with Crippen LogP contribution >= 0.6 is 31.9 Å². The van der Waals surface area contributed by atoms with Gasteiger partial charge in [-0.25, -0.2) is 4.39 Å². The summed E-state index contributed by atoms with van der Waals surface area (Å²) in [4.78, 5) is 0. The Bertz CT molecular complexity index is 590. The summed E-state index contributed by atoms with van der Waals surface area (Å²) in [5.74, 6) is 0.544. The summed E-state index contributed by atoms with van der Waals surface area (Å²) in [6, 6.07) is 10.5. The van der Waals surface area contributed by atoms with E-state index in [2.05, 4.69) is 37.2 Å². The van der Waals surface area contributed by atoms with Crippen LogP contribution in [-0.2, 0) is 6.54 Å². The van der Waals surface area contributed by atoms with Crippen molar-refractivity contribution in [3.8, 4) is 5.75 Å². The molecule has 0 unspecified atom stereocenters. The second-order valence-electron chi connectivity index (χ2n) is 3.94. The number of hydrogen-bond acceptors (Lipinski definition) is 2. The van der Waals surface area contributed by atoms with E-state index in [1.807, 2.05) is 18.2 Å². The first-order valence-electron chi connectivity index (χ1n) is 5.61. The number of hydrogen-bond donors (Lipinski definition) is 1. The highest BCUT2D eigenvalue weighted by Crippen LogP contribution is 2.28. The van der Waals surface area contributed by atoms with Crippen LogP contribution in [0.2, 0.25) is 0 Å². The van der Waals surface area contributed by atoms with Gasteiger partial charge in [0.05, 0.1) is 11.6 Å². The van der Waals surface area contributed by atoms with Crippen molar-refractivity contribution >= 4 is 37.5 Å². The summed E-state index contributed by atoms with van der Waals surface area (Å²) in [5, 5.41) is 3.17. The molecule has 2 aromatic rings. The standard InChI is InChI=1S/C14H12Br2FNO/c1-19-14-5-3-11(7-12(14)16)18-8-9-6-10(15)2-4-13(9)17/h2-7,18H,8H2,1H3. The molecule has 0 amide bonds. The van der Waals surface area contributed by atoms with Crippen molar-refractivity contribution in [2.24, 2.45) is 0 Å². The highest BCUT2D eigenvalue weighted by atomic mass is 79.9. The van der Waals surface area contributed by atoms with Gasteiger partial charge < -0.3 is 10.1 Å². The second-order valence-corrected chi connectivity index (χ2v) is 5.71. The molecule has 1 N–H and O–H groups in total. The normalized spacial score (nSPS) is 10.3. The number of ether oxygens (including phenoxy) is 1. The third-order valence-electron chi connectivity index (χ3n) is 2.64. The molecule has 100 valence electrons. The van der Waals surface area contributed by atoms with Gasteiger partial charge in [0.25, 0.3) is 0 Å². The van der Waals surface area contributed by atoms with E-state index >= 15 is 0 Å². The first-order chi connectivity index (χ1) is 9.10. The fourth-order valence-corrected chi connectivity index (χ4v) is 2.60. The number of anilines is 1. The van der Waals surface area contributed by atoms with Crippen molar-refractivity contribution < 1.29 is 9.13 Å². The van der Waals surface area contributed by atoms with Gasteiger partial charge in [0.1, 0.15) is 11.6 Å². The molecule has 0 fully saturated rings. The molecule has 0 bridgehead atoms. The Morgan fingerprint density at radius 2 is 1.95 bits per heavy atom. The third kappa shape index (κ3) is 3.70. The van der Waals surface area contributed by atoms with Crippen molar-refractivity contribution in [2.45, 2.75) is 6.54 Å². The highest BCUT2D eigenvalue weighted by molar-refractivity contribution is 9.10. The Labute approximate surface area is 128 Å². The lowest BCUT2D eigenvalue weighted by Gasteiger charge is -2.10. The molecule has 2 aromatic carbocycles. The number of halogens is 3. The number of rotatable bonds is 4. The predicted molar refractivity (Wildman–Crippen MR) is 82.1 cm³/mol. The second kappa shape index (κ2) is 6.39. The quantitative estimate of drug-likeness (QED) is 0.798. The first-order valence-corrected chi connectivity index (χ1v) is 7.20. The van der Waals surface area contributed by atoms with E-state index in [-0.39, 0.29) is 5.82 Å². The summed E-state index contributed by atoms with van der Waals surface area (Å²) in [7, 11) is 1.62. The molecule has 0 aliphatic rings. The van der Waals surface area contributed by atoms with Crippen LogP contribution in [0.1, 0.15) is 5.56 Å². The number of benzene rings is 2. The zero-order valence-corrected chi connectivity index (χ0v) is 13.4. The lowest BCUT2D eigenvalue weighted by atomic mass is 10.2. The Morgan fingerprint density at radius 1 is 1.16 bits per heavy atom. The van der Waals surface area contributed by atoms with Crippen molar-refractivity contribution in [2.75, 3.05) is 12.4 Å². The molecule has 5 heteroatoms. The van der Waals surface area contributed by atoms with Crippen LogP contribution < -0.4 is 10.1 Å². The maximum atomic E-state index is 13.6. The van der Waals surface area contributed by atoms with Gasteiger partial charge in [0.2, 0.25) is 0 Å². The third-order valence-corrected chi connectivity index (χ3v) is 3.76. The summed E-state index contributed by atoms with van der Waals surface area (Å²) in [5.41, 5.74) is 1.51. The number of nitrogens with one attached hydrogen (secondary N) is 1. The highest BCUT2D eigenvalue weighted by Gasteiger charge is 2.04. The molecule has 2 rings (SSSR count). The van der Waals surface area contributed by atoms with E-state index in [0.29, 0.717) is 12.1 Å². The van der Waals surface area contributed by atoms with Crippen LogP contribution in [0.5, 0.6) is 5.75 Å². The first kappa shape index (κ1) is 14.3. The van der Waals surface area contributed by atoms with Crippen LogP contribution in [-0.4, -0.2) is 7.11 Å². The molecule has 0 radical (unpaired) electrons. The van der Waals surface area contributed by atoms with E-state index in [9.17, 15) is 4.39 Å². The molecule has 2 nitrogen and oxygen atoms in total. The lowest BCUT2D eigenvalue weighted by molar-refractivity contribution is 0.412. The molecule has 0 atom stereocenters. The molecular weight excluding hydrogens is 377 g/mol. The van der Waals surface area contributed by atoms with Crippen LogP contribution in [0.25, 0.3) is 0 Å². The van der Waals surface area contributed by atoms with Crippen LogP contribution in [0, 0.1) is 5.82 Å². The Morgan fingerprint density at radius 3 is 2.63 bits per heavy atom. The summed E-state index contributed by atoms with van der Waals surface area (Å²) in [6.45, 7) is 0.421. The minimum atomic E-state index is -0.219. The van der Waals surface area contributed by atoms with Crippen molar-refractivity contribution in [3.05, 3.63) is 56.7 Å². The predicted octanol–water partition coefficient (Wildman–Crippen LogP) is 4.97. The van der Waals surface area contributed by atoms with Gasteiger partial charge in [-0.05, 0) is 52.3 Å². The largest absolute Gasteiger partial charge is 0.496 e. The van der Waals surface area contributed by atoms with Crippen molar-refractivity contribution in [1.82, 2.24) is 0 Å². The minimum Gasteiger partial charge on any atom is -0.496 e. The Kier molecular flexibility index (Phi) is 4.82. The maximum absolute atomic E-state index is 13.6. The Balaban J connectivity index is 2.10. The van der Waals surface area contributed by atoms with Crippen LogP contribution in [0.3, 0.4) is 0 Å². The summed E-state index contributed by atoms with van der Waals surface area (Å²) in [6.07, 6.45) is 0. The van der Waals surface area contributed by atoms with E-state index in [0.717, 1.165) is 20.4 Å². The molecule has 0 aliphatic heterocycles. The molecule has 0 heterocycles. The van der Waals surface area contributed by atoms with Gasteiger partial charge >= 0.3 is 0 Å². The average Bonchev–Trinajstić information content (AvgIpc) is 2.40. The topological polar surface area (TPSA) is 21.3 Å². The van der Waals surface area contributed by atoms with Crippen LogP contribution in [0.4, 0.5) is 10.1 Å². The molecule has 0 saturated heterocycles. The zero-order valence-electron chi connectivity index (χ0n) is 10.2. The molecule has 0 aromatic heterocycles. The summed E-state index contributed by atoms with van der Waals surface area (Å²) >= 11 is 6.75. The molecule has 0 saturated carbocycles. The van der Waals surface area contributed by atoms with Crippen molar-refractivity contribution in [1.29, 1.82) is 0 Å². The molecule has 0 spiro atoms. The minimum absolute atomic E-state index is 0.219. The molecule has 19 heavy (non-hydrogen) atoms. The van der Waals surface area contributed by atoms with Gasteiger partial charge in [-0.1, -0.05) is 15.9 Å². The Hall–Kier alpha value is -1.07. The fraction of sp³-hybridized carbons (Fsp3) is 0.143. The van der Waals surface area contributed by atoms with Gasteiger partial charge in [0.15, 0.2) is 0 Å². The van der Waals surface area contributed by atoms with Gasteiger partial charge in [0, 0.05) is 22.3 Å². The lowest BCUT2D eigenvalue weighted by Crippen LogP contribution is -2.02. The van der Waals surface area contributed by atoms with Gasteiger partial charge in [-0.15, -0.1) is 0 Å². The van der Waals surface area contributed by atoms with E-state index in [1.165, 1.54) is 6.07 Å². The van der Waals surface area contributed by atoms with E-state index < -0.39 is 0 Å².